The lowest BCUT2D eigenvalue weighted by Crippen LogP contribution is -2.29. The quantitative estimate of drug-likeness (QED) is 0.455. The van der Waals surface area contributed by atoms with E-state index >= 15 is 0 Å². The molecule has 1 amide bonds. The Bertz CT molecular complexity index is 1170. The van der Waals surface area contributed by atoms with Gasteiger partial charge >= 0.3 is 12.4 Å². The summed E-state index contributed by atoms with van der Waals surface area (Å²) in [6.45, 7) is 1.49. The average Bonchev–Trinajstić information content (AvgIpc) is 3.46. The topological polar surface area (TPSA) is 72.7 Å². The van der Waals surface area contributed by atoms with Crippen molar-refractivity contribution in [3.63, 3.8) is 0 Å². The van der Waals surface area contributed by atoms with Crippen LogP contribution in [-0.2, 0) is 12.4 Å². The van der Waals surface area contributed by atoms with Crippen LogP contribution in [0.3, 0.4) is 0 Å². The van der Waals surface area contributed by atoms with E-state index in [0.717, 1.165) is 17.7 Å². The normalized spacial score (nSPS) is 15.3. The van der Waals surface area contributed by atoms with Crippen LogP contribution in [0.2, 0.25) is 0 Å². The molecule has 0 radical (unpaired) electrons. The van der Waals surface area contributed by atoms with Crippen molar-refractivity contribution in [1.29, 1.82) is 0 Å². The van der Waals surface area contributed by atoms with Crippen molar-refractivity contribution in [2.75, 3.05) is 0 Å². The van der Waals surface area contributed by atoms with Crippen LogP contribution in [0.15, 0.2) is 47.9 Å². The van der Waals surface area contributed by atoms with Crippen LogP contribution in [0.5, 0.6) is 0 Å². The molecule has 0 aliphatic heterocycles. The summed E-state index contributed by atoms with van der Waals surface area (Å²) in [5.41, 5.74) is -3.68. The first kappa shape index (κ1) is 24.0. The minimum absolute atomic E-state index is 0.0318. The van der Waals surface area contributed by atoms with E-state index in [1.54, 1.807) is 24.2 Å². The molecule has 0 bridgehead atoms. The van der Waals surface area contributed by atoms with Crippen molar-refractivity contribution in [2.45, 2.75) is 48.3 Å². The van der Waals surface area contributed by atoms with Crippen LogP contribution in [0, 0.1) is 0 Å². The number of rotatable bonds is 6. The molecule has 0 saturated heterocycles. The van der Waals surface area contributed by atoms with Gasteiger partial charge in [-0.1, -0.05) is 0 Å². The number of alkyl halides is 6. The highest BCUT2D eigenvalue weighted by molar-refractivity contribution is 8.00. The Morgan fingerprint density at radius 3 is 2.26 bits per heavy atom. The van der Waals surface area contributed by atoms with Gasteiger partial charge in [-0.2, -0.15) is 31.4 Å². The van der Waals surface area contributed by atoms with Crippen molar-refractivity contribution in [2.24, 2.45) is 0 Å². The van der Waals surface area contributed by atoms with Crippen LogP contribution in [0.1, 0.15) is 53.0 Å². The lowest BCUT2D eigenvalue weighted by molar-refractivity contribution is -0.143. The standard InChI is InChI=1S/C21H17F6N5OS/c1-11(17-18(29-5-4-28-17)32-10-16(9-30-32)34-15-2-3-15)31-19(33)12-6-13(20(22,23)24)8-14(7-12)21(25,26)27/h4-11,15H,2-3H2,1H3,(H,31,33). The fraction of sp³-hybridized carbons (Fsp3) is 0.333. The Balaban J connectivity index is 1.59. The zero-order valence-corrected chi connectivity index (χ0v) is 18.3. The molecule has 2 aromatic heterocycles. The van der Waals surface area contributed by atoms with Gasteiger partial charge in [-0.3, -0.25) is 9.78 Å². The summed E-state index contributed by atoms with van der Waals surface area (Å²) in [5, 5.41) is 7.21. The highest BCUT2D eigenvalue weighted by Crippen LogP contribution is 2.39. The van der Waals surface area contributed by atoms with Gasteiger partial charge in [0.25, 0.3) is 5.91 Å². The van der Waals surface area contributed by atoms with Crippen molar-refractivity contribution in [3.8, 4) is 5.82 Å². The first-order chi connectivity index (χ1) is 15.9. The number of thioether (sulfide) groups is 1. The van der Waals surface area contributed by atoms with Gasteiger partial charge in [-0.25, -0.2) is 9.67 Å². The second kappa shape index (κ2) is 8.93. The number of hydrogen-bond acceptors (Lipinski definition) is 5. The summed E-state index contributed by atoms with van der Waals surface area (Å²) in [5.74, 6) is -0.843. The highest BCUT2D eigenvalue weighted by atomic mass is 32.2. The SMILES string of the molecule is CC(NC(=O)c1cc(C(F)(F)F)cc(C(F)(F)F)c1)c1nccnc1-n1cc(SC2CC2)cn1. The third-order valence-corrected chi connectivity index (χ3v) is 6.20. The minimum atomic E-state index is -5.06. The zero-order valence-electron chi connectivity index (χ0n) is 17.5. The molecule has 6 nitrogen and oxygen atoms in total. The van der Waals surface area contributed by atoms with Gasteiger partial charge in [0.05, 0.1) is 23.4 Å². The van der Waals surface area contributed by atoms with Crippen LogP contribution < -0.4 is 5.32 Å². The number of amides is 1. The number of nitrogens with zero attached hydrogens (tertiary/aromatic N) is 4. The monoisotopic (exact) mass is 501 g/mol. The first-order valence-electron chi connectivity index (χ1n) is 10.0. The molecule has 1 fully saturated rings. The van der Waals surface area contributed by atoms with Crippen molar-refractivity contribution >= 4 is 17.7 Å². The molecule has 1 saturated carbocycles. The van der Waals surface area contributed by atoms with E-state index in [1.807, 2.05) is 0 Å². The molecule has 1 aliphatic carbocycles. The van der Waals surface area contributed by atoms with Crippen LogP contribution in [0.4, 0.5) is 26.3 Å². The lowest BCUT2D eigenvalue weighted by atomic mass is 10.0. The summed E-state index contributed by atoms with van der Waals surface area (Å²) in [7, 11) is 0. The van der Waals surface area contributed by atoms with Gasteiger partial charge in [0.2, 0.25) is 0 Å². The van der Waals surface area contributed by atoms with E-state index in [9.17, 15) is 31.1 Å². The second-order valence-corrected chi connectivity index (χ2v) is 9.07. The zero-order chi connectivity index (χ0) is 24.7. The van der Waals surface area contributed by atoms with E-state index in [-0.39, 0.29) is 17.6 Å². The Kier molecular flexibility index (Phi) is 6.32. The molecule has 34 heavy (non-hydrogen) atoms. The van der Waals surface area contributed by atoms with Crippen LogP contribution >= 0.6 is 11.8 Å². The molecule has 3 aromatic rings. The van der Waals surface area contributed by atoms with Gasteiger partial charge in [-0.05, 0) is 38.0 Å². The summed E-state index contributed by atoms with van der Waals surface area (Å²) in [6, 6.07) is -0.174. The smallest absolute Gasteiger partial charge is 0.344 e. The maximum absolute atomic E-state index is 13.1. The van der Waals surface area contributed by atoms with Gasteiger partial charge in [0, 0.05) is 34.3 Å². The Morgan fingerprint density at radius 1 is 1.06 bits per heavy atom. The maximum atomic E-state index is 13.1. The molecule has 13 heteroatoms. The molecule has 4 rings (SSSR count). The van der Waals surface area contributed by atoms with E-state index in [4.69, 9.17) is 0 Å². The number of halogens is 6. The first-order valence-corrected chi connectivity index (χ1v) is 10.9. The molecule has 1 unspecified atom stereocenters. The van der Waals surface area contributed by atoms with E-state index in [2.05, 4.69) is 20.4 Å². The summed E-state index contributed by atoms with van der Waals surface area (Å²) >= 11 is 1.67. The van der Waals surface area contributed by atoms with Crippen molar-refractivity contribution in [3.05, 3.63) is 65.4 Å². The fourth-order valence-electron chi connectivity index (χ4n) is 3.12. The van der Waals surface area contributed by atoms with Gasteiger partial charge in [-0.15, -0.1) is 11.8 Å². The summed E-state index contributed by atoms with van der Waals surface area (Å²) in [6.07, 6.45) is -1.70. The number of hydrogen-bond donors (Lipinski definition) is 1. The lowest BCUT2D eigenvalue weighted by Gasteiger charge is -2.18. The maximum Gasteiger partial charge on any atom is 0.416 e. The summed E-state index contributed by atoms with van der Waals surface area (Å²) < 4.78 is 80.2. The number of nitrogens with one attached hydrogen (secondary N) is 1. The van der Waals surface area contributed by atoms with Gasteiger partial charge in [0.15, 0.2) is 5.82 Å². The fourth-order valence-corrected chi connectivity index (χ4v) is 4.14. The predicted molar refractivity (Wildman–Crippen MR) is 110 cm³/mol. The number of carbonyl (C=O) groups excluding carboxylic acids is 1. The van der Waals surface area contributed by atoms with Crippen LogP contribution in [0.25, 0.3) is 5.82 Å². The Labute approximate surface area is 193 Å². The van der Waals surface area contributed by atoms with E-state index in [0.29, 0.717) is 17.4 Å². The molecule has 0 spiro atoms. The van der Waals surface area contributed by atoms with E-state index < -0.39 is 41.0 Å². The minimum Gasteiger partial charge on any atom is -0.344 e. The molecule has 1 aliphatic rings. The molecule has 1 N–H and O–H groups in total. The molecule has 1 atom stereocenters. The number of benzene rings is 1. The van der Waals surface area contributed by atoms with Crippen LogP contribution in [-0.4, -0.2) is 30.9 Å². The molecule has 1 aromatic carbocycles. The third kappa shape index (κ3) is 5.51. The molecule has 180 valence electrons. The molecule has 2 heterocycles. The number of aromatic nitrogens is 4. The van der Waals surface area contributed by atoms with Gasteiger partial charge in [0.1, 0.15) is 5.69 Å². The molecular formula is C21H17F6N5OS. The average molecular weight is 501 g/mol. The van der Waals surface area contributed by atoms with Crippen molar-refractivity contribution < 1.29 is 31.1 Å². The largest absolute Gasteiger partial charge is 0.416 e. The number of carbonyl (C=O) groups is 1. The third-order valence-electron chi connectivity index (χ3n) is 4.92. The summed E-state index contributed by atoms with van der Waals surface area (Å²) in [4.78, 5) is 22.0. The van der Waals surface area contributed by atoms with E-state index in [1.165, 1.54) is 24.0 Å². The highest BCUT2D eigenvalue weighted by Gasteiger charge is 2.37. The second-order valence-electron chi connectivity index (χ2n) is 7.69. The van der Waals surface area contributed by atoms with Gasteiger partial charge < -0.3 is 5.32 Å². The Hall–Kier alpha value is -3.09. The Morgan fingerprint density at radius 2 is 1.68 bits per heavy atom. The molecular weight excluding hydrogens is 484 g/mol. The predicted octanol–water partition coefficient (Wildman–Crippen LogP) is 5.45. The van der Waals surface area contributed by atoms with Crippen molar-refractivity contribution in [1.82, 2.24) is 25.1 Å².